The van der Waals surface area contributed by atoms with Crippen molar-refractivity contribution >= 4 is 75.4 Å². The molecule has 1 aliphatic heterocycles. The average Bonchev–Trinajstić information content (AvgIpc) is 3.39. The van der Waals surface area contributed by atoms with E-state index in [-0.39, 0.29) is 30.5 Å². The summed E-state index contributed by atoms with van der Waals surface area (Å²) in [6.07, 6.45) is 6.46. The molecule has 3 N–H and O–H groups in total. The molecule has 2 unspecified atom stereocenters. The number of para-hydroxylation sites is 1. The summed E-state index contributed by atoms with van der Waals surface area (Å²) in [7, 11) is 0. The number of piperidine rings is 1. The molecule has 2 aromatic heterocycles. The number of carboxylic acid groups (broad SMARTS) is 1. The highest BCUT2D eigenvalue weighted by atomic mass is 35.6. The molecule has 46 heavy (non-hydrogen) atoms. The van der Waals surface area contributed by atoms with Gasteiger partial charge in [0.1, 0.15) is 5.60 Å². The van der Waals surface area contributed by atoms with Crippen LogP contribution < -0.4 is 5.32 Å². The first-order valence-corrected chi connectivity index (χ1v) is 17.1. The fourth-order valence-corrected chi connectivity index (χ4v) is 7.36. The van der Waals surface area contributed by atoms with Gasteiger partial charge in [0.25, 0.3) is 0 Å². The van der Waals surface area contributed by atoms with Gasteiger partial charge in [0.15, 0.2) is 3.79 Å². The van der Waals surface area contributed by atoms with Gasteiger partial charge in [-0.2, -0.15) is 0 Å². The van der Waals surface area contributed by atoms with Gasteiger partial charge in [-0.3, -0.25) is 0 Å². The summed E-state index contributed by atoms with van der Waals surface area (Å²) in [5, 5.41) is 14.7. The molecule has 3 heterocycles. The Balaban J connectivity index is 1.33. The number of rotatable bonds is 7. The number of aromatic nitrogens is 3. The number of hydrogen-bond donors (Lipinski definition) is 3. The summed E-state index contributed by atoms with van der Waals surface area (Å²) in [4.78, 5) is 41.3. The van der Waals surface area contributed by atoms with Crippen LogP contribution >= 0.6 is 46.4 Å². The topological polar surface area (TPSA) is 124 Å². The zero-order valence-corrected chi connectivity index (χ0v) is 29.1. The number of nitrogens with zero attached hydrogens (tertiary/aromatic N) is 4. The molecule has 0 bridgehead atoms. The predicted octanol–water partition coefficient (Wildman–Crippen LogP) is 8.76. The third-order valence-corrected chi connectivity index (χ3v) is 9.37. The van der Waals surface area contributed by atoms with Crippen LogP contribution in [0.15, 0.2) is 36.7 Å². The van der Waals surface area contributed by atoms with Crippen molar-refractivity contribution in [2.75, 3.05) is 18.4 Å². The molecule has 250 valence electrons. The van der Waals surface area contributed by atoms with E-state index in [1.54, 1.807) is 6.20 Å². The van der Waals surface area contributed by atoms with E-state index in [9.17, 15) is 14.7 Å². The molecule has 1 saturated carbocycles. The van der Waals surface area contributed by atoms with Gasteiger partial charge < -0.3 is 29.9 Å². The van der Waals surface area contributed by atoms with Gasteiger partial charge in [0.2, 0.25) is 5.95 Å². The van der Waals surface area contributed by atoms with E-state index < -0.39 is 21.5 Å². The molecular weight excluding hydrogens is 674 g/mol. The van der Waals surface area contributed by atoms with E-state index in [4.69, 9.17) is 56.1 Å². The van der Waals surface area contributed by atoms with Crippen LogP contribution in [0.2, 0.25) is 5.02 Å². The van der Waals surface area contributed by atoms with Crippen LogP contribution in [0, 0.1) is 5.92 Å². The number of aromatic amines is 1. The summed E-state index contributed by atoms with van der Waals surface area (Å²) < 4.78 is 4.28. The molecule has 3 aromatic rings. The van der Waals surface area contributed by atoms with Crippen molar-refractivity contribution in [2.24, 2.45) is 5.92 Å². The maximum atomic E-state index is 13.7. The maximum absolute atomic E-state index is 13.7. The summed E-state index contributed by atoms with van der Waals surface area (Å²) in [6.45, 7) is 6.26. The Bertz CT molecular complexity index is 1540. The zero-order valence-electron chi connectivity index (χ0n) is 26.1. The number of anilines is 1. The SMILES string of the molecule is CC(C)(C)OC(=O)N(CC1CCN(C(=O)O)C(CC(Cl)(Cl)Cl)C1)[C@H]1CCC[C@@H](Nc2ncc(Cl)c(-c3c[nH]c4ccccc34)n2)C1. The van der Waals surface area contributed by atoms with Crippen LogP contribution in [0.3, 0.4) is 0 Å². The second-order valence-electron chi connectivity index (χ2n) is 13.3. The van der Waals surface area contributed by atoms with Crippen molar-refractivity contribution in [3.05, 3.63) is 41.7 Å². The van der Waals surface area contributed by atoms with Crippen molar-refractivity contribution in [1.29, 1.82) is 0 Å². The van der Waals surface area contributed by atoms with Gasteiger partial charge in [-0.05, 0) is 71.3 Å². The number of halogens is 4. The van der Waals surface area contributed by atoms with Crippen LogP contribution in [0.5, 0.6) is 0 Å². The summed E-state index contributed by atoms with van der Waals surface area (Å²) in [5.74, 6) is 0.474. The second kappa shape index (κ2) is 14.2. The monoisotopic (exact) mass is 712 g/mol. The molecule has 2 amide bonds. The van der Waals surface area contributed by atoms with Gasteiger partial charge in [-0.25, -0.2) is 19.6 Å². The van der Waals surface area contributed by atoms with Crippen molar-refractivity contribution in [3.63, 3.8) is 0 Å². The number of ether oxygens (including phenoxy) is 1. The van der Waals surface area contributed by atoms with E-state index in [0.29, 0.717) is 49.0 Å². The van der Waals surface area contributed by atoms with Crippen molar-refractivity contribution in [2.45, 2.75) is 93.2 Å². The van der Waals surface area contributed by atoms with E-state index >= 15 is 0 Å². The minimum Gasteiger partial charge on any atom is -0.465 e. The van der Waals surface area contributed by atoms with Gasteiger partial charge in [0, 0.05) is 60.3 Å². The fraction of sp³-hybridized carbons (Fsp3) is 0.562. The normalized spacial score (nSPS) is 22.5. The number of fused-ring (bicyclic) bond motifs is 1. The van der Waals surface area contributed by atoms with Crippen molar-refractivity contribution < 1.29 is 19.4 Å². The Morgan fingerprint density at radius 3 is 2.63 bits per heavy atom. The van der Waals surface area contributed by atoms with Crippen LogP contribution in [0.4, 0.5) is 15.5 Å². The quantitative estimate of drug-likeness (QED) is 0.209. The smallest absolute Gasteiger partial charge is 0.410 e. The molecular formula is C32H40Cl4N6O4. The number of H-pyrrole nitrogens is 1. The molecule has 14 heteroatoms. The lowest BCUT2D eigenvalue weighted by molar-refractivity contribution is 0.00184. The molecule has 0 radical (unpaired) electrons. The minimum absolute atomic E-state index is 0.00616. The summed E-state index contributed by atoms with van der Waals surface area (Å²) in [5.41, 5.74) is 1.84. The first-order chi connectivity index (χ1) is 21.7. The first-order valence-electron chi connectivity index (χ1n) is 15.6. The number of amides is 2. The molecule has 5 rings (SSSR count). The molecule has 4 atom stereocenters. The lowest BCUT2D eigenvalue weighted by Gasteiger charge is -2.43. The Kier molecular flexibility index (Phi) is 10.7. The second-order valence-corrected chi connectivity index (χ2v) is 16.2. The first kappa shape index (κ1) is 34.7. The number of nitrogens with one attached hydrogen (secondary N) is 2. The standard InChI is InChI=1S/C32H40Cl4N6O4/c1-31(2,3)46-30(45)42(18-19-11-12-41(29(43)44)22(13-19)15-32(34,35)36)21-8-6-7-20(14-21)39-28-38-17-25(33)27(40-28)24-16-37-26-10-5-4-9-23(24)26/h4-5,9-10,16-17,19-22,37H,6-8,11-15,18H2,1-3H3,(H,43,44)(H,38,39,40)/t19?,20-,21+,22?/m1/s1. The highest BCUT2D eigenvalue weighted by molar-refractivity contribution is 6.67. The molecule has 2 fully saturated rings. The van der Waals surface area contributed by atoms with E-state index in [2.05, 4.69) is 15.3 Å². The van der Waals surface area contributed by atoms with Gasteiger partial charge in [-0.15, -0.1) is 0 Å². The van der Waals surface area contributed by atoms with Crippen LogP contribution in [0.25, 0.3) is 22.2 Å². The molecule has 0 spiro atoms. The number of carbonyl (C=O) groups excluding carboxylic acids is 1. The average molecular weight is 715 g/mol. The van der Waals surface area contributed by atoms with Gasteiger partial charge >= 0.3 is 12.2 Å². The lowest BCUT2D eigenvalue weighted by Crippen LogP contribution is -2.52. The third-order valence-electron chi connectivity index (χ3n) is 8.63. The van der Waals surface area contributed by atoms with E-state index in [0.717, 1.165) is 35.7 Å². The van der Waals surface area contributed by atoms with Crippen molar-refractivity contribution in [3.8, 4) is 11.3 Å². The predicted molar refractivity (Wildman–Crippen MR) is 183 cm³/mol. The minimum atomic E-state index is -1.59. The molecule has 1 saturated heterocycles. The molecule has 10 nitrogen and oxygen atoms in total. The van der Waals surface area contributed by atoms with E-state index in [1.165, 1.54) is 4.90 Å². The molecule has 2 aliphatic rings. The Labute approximate surface area is 289 Å². The number of alkyl halides is 3. The van der Waals surface area contributed by atoms with Crippen LogP contribution in [-0.4, -0.2) is 82.7 Å². The third kappa shape index (κ3) is 8.82. The maximum Gasteiger partial charge on any atom is 0.410 e. The fourth-order valence-electron chi connectivity index (χ4n) is 6.64. The van der Waals surface area contributed by atoms with Crippen molar-refractivity contribution in [1.82, 2.24) is 24.8 Å². The van der Waals surface area contributed by atoms with E-state index in [1.807, 2.05) is 56.1 Å². The van der Waals surface area contributed by atoms with Gasteiger partial charge in [0.05, 0.1) is 16.9 Å². The number of benzene rings is 1. The largest absolute Gasteiger partial charge is 0.465 e. The lowest BCUT2D eigenvalue weighted by atomic mass is 9.86. The number of likely N-dealkylation sites (tertiary alicyclic amines) is 1. The Morgan fingerprint density at radius 2 is 1.91 bits per heavy atom. The van der Waals surface area contributed by atoms with Crippen LogP contribution in [-0.2, 0) is 4.74 Å². The molecule has 1 aromatic carbocycles. The highest BCUT2D eigenvalue weighted by Crippen LogP contribution is 2.38. The Morgan fingerprint density at radius 1 is 1.15 bits per heavy atom. The zero-order chi connectivity index (χ0) is 33.2. The number of hydrogen-bond acceptors (Lipinski definition) is 6. The van der Waals surface area contributed by atoms with Gasteiger partial charge in [-0.1, -0.05) is 64.6 Å². The summed E-state index contributed by atoms with van der Waals surface area (Å²) in [6, 6.07) is 7.40. The number of carbonyl (C=O) groups is 2. The summed E-state index contributed by atoms with van der Waals surface area (Å²) >= 11 is 24.8. The highest BCUT2D eigenvalue weighted by Gasteiger charge is 2.40. The van der Waals surface area contributed by atoms with Crippen LogP contribution in [0.1, 0.15) is 65.7 Å². The molecule has 1 aliphatic carbocycles. The Hall–Kier alpha value is -2.66.